The molecule has 9 heteroatoms. The molecule has 3 amide bonds. The van der Waals surface area contributed by atoms with Crippen molar-refractivity contribution in [2.75, 3.05) is 10.6 Å². The number of hydrazone groups is 1. The zero-order valence-corrected chi connectivity index (χ0v) is 18.6. The van der Waals surface area contributed by atoms with Gasteiger partial charge in [-0.05, 0) is 43.3 Å². The molecule has 0 fully saturated rings. The van der Waals surface area contributed by atoms with E-state index in [1.807, 2.05) is 19.1 Å². The van der Waals surface area contributed by atoms with Gasteiger partial charge >= 0.3 is 11.8 Å². The molecule has 9 nitrogen and oxygen atoms in total. The van der Waals surface area contributed by atoms with Gasteiger partial charge in [0.1, 0.15) is 11.8 Å². The molecule has 0 unspecified atom stereocenters. The Hall–Kier alpha value is -5.05. The van der Waals surface area contributed by atoms with Crippen molar-refractivity contribution in [1.29, 1.82) is 0 Å². The highest BCUT2D eigenvalue weighted by molar-refractivity contribution is 6.40. The number of hydrogen-bond donors (Lipinski definition) is 3. The maximum absolute atomic E-state index is 12.7. The van der Waals surface area contributed by atoms with Crippen LogP contribution >= 0.6 is 0 Å². The van der Waals surface area contributed by atoms with Crippen molar-refractivity contribution >= 4 is 46.3 Å². The second-order valence-corrected chi connectivity index (χ2v) is 7.54. The van der Waals surface area contributed by atoms with E-state index in [-0.39, 0.29) is 22.2 Å². The molecule has 4 aromatic rings. The van der Waals surface area contributed by atoms with Gasteiger partial charge in [0.15, 0.2) is 0 Å². The quantitative estimate of drug-likeness (QED) is 0.235. The van der Waals surface area contributed by atoms with Crippen LogP contribution in [0, 0.1) is 6.92 Å². The van der Waals surface area contributed by atoms with Crippen molar-refractivity contribution in [1.82, 2.24) is 5.43 Å². The molecule has 0 saturated heterocycles. The Bertz CT molecular complexity index is 1510. The third-order valence-electron chi connectivity index (χ3n) is 5.01. The molecule has 1 aromatic heterocycles. The lowest BCUT2D eigenvalue weighted by molar-refractivity contribution is -0.136. The second-order valence-electron chi connectivity index (χ2n) is 7.54. The molecule has 0 atom stereocenters. The molecule has 4 rings (SSSR count). The average Bonchev–Trinajstić information content (AvgIpc) is 2.87. The molecule has 3 N–H and O–H groups in total. The number of amides is 3. The van der Waals surface area contributed by atoms with Crippen LogP contribution in [-0.2, 0) is 9.59 Å². The predicted molar refractivity (Wildman–Crippen MR) is 132 cm³/mol. The number of carbonyl (C=O) groups excluding carboxylic acids is 3. The van der Waals surface area contributed by atoms with Gasteiger partial charge in [-0.25, -0.2) is 5.43 Å². The van der Waals surface area contributed by atoms with Crippen LogP contribution in [-0.4, -0.2) is 23.9 Å². The SMILES string of the molecule is Cc1ccc(NC(=O)c2ccccc2NC(=O)C(=O)N/N=C\c2coc3ccccc3c2=O)cc1. The van der Waals surface area contributed by atoms with E-state index in [9.17, 15) is 19.2 Å². The van der Waals surface area contributed by atoms with E-state index in [2.05, 4.69) is 21.2 Å². The molecule has 174 valence electrons. The molecule has 0 aliphatic carbocycles. The van der Waals surface area contributed by atoms with Crippen LogP contribution in [0.3, 0.4) is 0 Å². The number of carbonyl (C=O) groups is 3. The van der Waals surface area contributed by atoms with E-state index >= 15 is 0 Å². The zero-order valence-electron chi connectivity index (χ0n) is 18.6. The van der Waals surface area contributed by atoms with Crippen molar-refractivity contribution in [3.63, 3.8) is 0 Å². The number of nitrogens with zero attached hydrogens (tertiary/aromatic N) is 1. The number of hydrogen-bond acceptors (Lipinski definition) is 6. The summed E-state index contributed by atoms with van der Waals surface area (Å²) < 4.78 is 5.37. The second kappa shape index (κ2) is 10.3. The Kier molecular flexibility index (Phi) is 6.78. The summed E-state index contributed by atoms with van der Waals surface area (Å²) in [7, 11) is 0. The highest BCUT2D eigenvalue weighted by Crippen LogP contribution is 2.18. The summed E-state index contributed by atoms with van der Waals surface area (Å²) in [5.41, 5.74) is 4.21. The van der Waals surface area contributed by atoms with Crippen LogP contribution < -0.4 is 21.5 Å². The largest absolute Gasteiger partial charge is 0.463 e. The fraction of sp³-hybridized carbons (Fsp3) is 0.0385. The number of rotatable bonds is 5. The van der Waals surface area contributed by atoms with Crippen LogP contribution in [0.1, 0.15) is 21.5 Å². The first-order valence-electron chi connectivity index (χ1n) is 10.5. The molecular weight excluding hydrogens is 448 g/mol. The standard InChI is InChI=1S/C26H20N4O5/c1-16-10-12-18(13-11-16)28-24(32)19-6-2-4-8-21(19)29-25(33)26(34)30-27-14-17-15-35-22-9-5-3-7-20(22)23(17)31/h2-15H,1H3,(H,28,32)(H,29,33)(H,30,34)/b27-14-. The van der Waals surface area contributed by atoms with E-state index in [1.54, 1.807) is 48.5 Å². The monoisotopic (exact) mass is 468 g/mol. The Balaban J connectivity index is 1.41. The molecule has 0 aliphatic rings. The van der Waals surface area contributed by atoms with Gasteiger partial charge in [-0.15, -0.1) is 0 Å². The third-order valence-corrected chi connectivity index (χ3v) is 5.01. The van der Waals surface area contributed by atoms with Gasteiger partial charge < -0.3 is 15.1 Å². The molecule has 3 aromatic carbocycles. The molecule has 1 heterocycles. The van der Waals surface area contributed by atoms with E-state index in [0.717, 1.165) is 11.8 Å². The lowest BCUT2D eigenvalue weighted by atomic mass is 10.1. The van der Waals surface area contributed by atoms with Crippen molar-refractivity contribution in [2.24, 2.45) is 5.10 Å². The maximum Gasteiger partial charge on any atom is 0.329 e. The summed E-state index contributed by atoms with van der Waals surface area (Å²) in [6.07, 6.45) is 2.30. The van der Waals surface area contributed by atoms with Crippen molar-refractivity contribution in [2.45, 2.75) is 6.92 Å². The van der Waals surface area contributed by atoms with E-state index in [1.165, 1.54) is 18.4 Å². The first kappa shape index (κ1) is 23.1. The van der Waals surface area contributed by atoms with Gasteiger partial charge in [-0.2, -0.15) is 5.10 Å². The first-order valence-corrected chi connectivity index (χ1v) is 10.5. The minimum Gasteiger partial charge on any atom is -0.463 e. The molecule has 0 bridgehead atoms. The van der Waals surface area contributed by atoms with E-state index < -0.39 is 17.7 Å². The maximum atomic E-state index is 12.7. The van der Waals surface area contributed by atoms with Gasteiger partial charge in [0.05, 0.1) is 28.4 Å². The first-order chi connectivity index (χ1) is 16.9. The van der Waals surface area contributed by atoms with Crippen LogP contribution in [0.5, 0.6) is 0 Å². The number of anilines is 2. The summed E-state index contributed by atoms with van der Waals surface area (Å²) in [5.74, 6) is -2.57. The average molecular weight is 468 g/mol. The van der Waals surface area contributed by atoms with Gasteiger partial charge in [-0.1, -0.05) is 42.0 Å². The molecular formula is C26H20N4O5. The Morgan fingerprint density at radius 2 is 1.57 bits per heavy atom. The van der Waals surface area contributed by atoms with E-state index in [0.29, 0.717) is 16.7 Å². The van der Waals surface area contributed by atoms with Gasteiger partial charge in [0.25, 0.3) is 5.91 Å². The third kappa shape index (κ3) is 5.48. The number of nitrogens with one attached hydrogen (secondary N) is 3. The molecule has 0 spiro atoms. The van der Waals surface area contributed by atoms with Crippen LogP contribution in [0.15, 0.2) is 93.4 Å². The lowest BCUT2D eigenvalue weighted by Crippen LogP contribution is -2.33. The van der Waals surface area contributed by atoms with Crippen molar-refractivity contribution in [3.05, 3.63) is 106 Å². The highest BCUT2D eigenvalue weighted by Gasteiger charge is 2.18. The Morgan fingerprint density at radius 1 is 0.857 bits per heavy atom. The lowest BCUT2D eigenvalue weighted by Gasteiger charge is -2.11. The summed E-state index contributed by atoms with van der Waals surface area (Å²) in [4.78, 5) is 49.7. The smallest absolute Gasteiger partial charge is 0.329 e. The topological polar surface area (TPSA) is 130 Å². The highest BCUT2D eigenvalue weighted by atomic mass is 16.3. The number of para-hydroxylation sites is 2. The molecule has 0 aliphatic heterocycles. The predicted octanol–water partition coefficient (Wildman–Crippen LogP) is 3.44. The van der Waals surface area contributed by atoms with Crippen molar-refractivity contribution in [3.8, 4) is 0 Å². The number of aryl methyl sites for hydroxylation is 1. The number of benzene rings is 3. The van der Waals surface area contributed by atoms with Crippen molar-refractivity contribution < 1.29 is 18.8 Å². The molecule has 35 heavy (non-hydrogen) atoms. The van der Waals surface area contributed by atoms with Crippen LogP contribution in [0.2, 0.25) is 0 Å². The zero-order chi connectivity index (χ0) is 24.8. The van der Waals surface area contributed by atoms with Crippen LogP contribution in [0.25, 0.3) is 11.0 Å². The number of fused-ring (bicyclic) bond motifs is 1. The summed E-state index contributed by atoms with van der Waals surface area (Å²) in [6.45, 7) is 1.93. The summed E-state index contributed by atoms with van der Waals surface area (Å²) >= 11 is 0. The molecule has 0 radical (unpaired) electrons. The van der Waals surface area contributed by atoms with Gasteiger partial charge in [-0.3, -0.25) is 19.2 Å². The van der Waals surface area contributed by atoms with E-state index in [4.69, 9.17) is 4.42 Å². The van der Waals surface area contributed by atoms with Crippen LogP contribution in [0.4, 0.5) is 11.4 Å². The van der Waals surface area contributed by atoms with Gasteiger partial charge in [0, 0.05) is 5.69 Å². The molecule has 0 saturated carbocycles. The normalized spacial score (nSPS) is 10.8. The fourth-order valence-electron chi connectivity index (χ4n) is 3.20. The Morgan fingerprint density at radius 3 is 2.37 bits per heavy atom. The van der Waals surface area contributed by atoms with Gasteiger partial charge in [0.2, 0.25) is 5.43 Å². The summed E-state index contributed by atoms with van der Waals surface area (Å²) in [6, 6.07) is 20.2. The fourth-order valence-corrected chi connectivity index (χ4v) is 3.20. The minimum atomic E-state index is -1.08. The summed E-state index contributed by atoms with van der Waals surface area (Å²) in [5, 5.41) is 9.18. The minimum absolute atomic E-state index is 0.0996. The Labute approximate surface area is 199 Å².